The highest BCUT2D eigenvalue weighted by Crippen LogP contribution is 2.12. The van der Waals surface area contributed by atoms with Crippen LogP contribution in [0, 0.1) is 5.92 Å². The van der Waals surface area contributed by atoms with Crippen LogP contribution in [0.4, 0.5) is 0 Å². The third-order valence-electron chi connectivity index (χ3n) is 2.63. The summed E-state index contributed by atoms with van der Waals surface area (Å²) < 4.78 is 28.0. The summed E-state index contributed by atoms with van der Waals surface area (Å²) in [7, 11) is -3.30. The van der Waals surface area contributed by atoms with E-state index in [0.717, 1.165) is 19.5 Å². The number of rotatable bonds is 6. The molecule has 0 aromatic heterocycles. The van der Waals surface area contributed by atoms with E-state index in [1.165, 1.54) is 12.8 Å². The van der Waals surface area contributed by atoms with Crippen molar-refractivity contribution >= 4 is 10.2 Å². The maximum atomic E-state index is 11.4. The lowest BCUT2D eigenvalue weighted by molar-refractivity contribution is 0.358. The van der Waals surface area contributed by atoms with Crippen LogP contribution >= 0.6 is 0 Å². The van der Waals surface area contributed by atoms with Crippen molar-refractivity contribution in [2.24, 2.45) is 5.92 Å². The van der Waals surface area contributed by atoms with E-state index in [-0.39, 0.29) is 6.04 Å². The number of hydrogen-bond donors (Lipinski definition) is 3. The molecule has 0 aromatic carbocycles. The molecule has 16 heavy (non-hydrogen) atoms. The number of hydrogen-bond acceptors (Lipinski definition) is 3. The van der Waals surface area contributed by atoms with Gasteiger partial charge in [-0.3, -0.25) is 0 Å². The second kappa shape index (κ2) is 6.54. The minimum atomic E-state index is -3.30. The minimum Gasteiger partial charge on any atom is -0.316 e. The molecule has 0 bridgehead atoms. The van der Waals surface area contributed by atoms with E-state index in [1.54, 1.807) is 0 Å². The lowest BCUT2D eigenvalue weighted by Crippen LogP contribution is -2.41. The third kappa shape index (κ3) is 5.79. The SMILES string of the molecule is CC(C)NS(=O)(=O)NCCC1CCCNC1. The van der Waals surface area contributed by atoms with Gasteiger partial charge in [0.1, 0.15) is 0 Å². The van der Waals surface area contributed by atoms with Crippen LogP contribution < -0.4 is 14.8 Å². The number of piperidine rings is 1. The topological polar surface area (TPSA) is 70.2 Å². The fourth-order valence-corrected chi connectivity index (χ4v) is 3.01. The summed E-state index contributed by atoms with van der Waals surface area (Å²) in [5.41, 5.74) is 0. The highest BCUT2D eigenvalue weighted by Gasteiger charge is 2.15. The molecule has 5 nitrogen and oxygen atoms in total. The molecule has 3 N–H and O–H groups in total. The average molecular weight is 249 g/mol. The number of nitrogens with one attached hydrogen (secondary N) is 3. The van der Waals surface area contributed by atoms with Crippen LogP contribution in [-0.4, -0.2) is 34.1 Å². The first kappa shape index (κ1) is 13.9. The zero-order valence-corrected chi connectivity index (χ0v) is 10.9. The fourth-order valence-electron chi connectivity index (χ4n) is 1.92. The molecule has 1 saturated heterocycles. The van der Waals surface area contributed by atoms with Crippen LogP contribution in [-0.2, 0) is 10.2 Å². The van der Waals surface area contributed by atoms with Crippen LogP contribution in [0.1, 0.15) is 33.1 Å². The van der Waals surface area contributed by atoms with E-state index >= 15 is 0 Å². The Labute approximate surface area is 98.6 Å². The van der Waals surface area contributed by atoms with Crippen LogP contribution in [0.15, 0.2) is 0 Å². The largest absolute Gasteiger partial charge is 0.316 e. The second-order valence-corrected chi connectivity index (χ2v) is 6.20. The Bertz CT molecular complexity index is 284. The standard InChI is InChI=1S/C10H23N3O2S/c1-9(2)13-16(14,15)12-7-5-10-4-3-6-11-8-10/h9-13H,3-8H2,1-2H3. The summed E-state index contributed by atoms with van der Waals surface area (Å²) >= 11 is 0. The second-order valence-electron chi connectivity index (χ2n) is 4.67. The monoisotopic (exact) mass is 249 g/mol. The maximum Gasteiger partial charge on any atom is 0.277 e. The Morgan fingerprint density at radius 3 is 2.75 bits per heavy atom. The Morgan fingerprint density at radius 1 is 1.44 bits per heavy atom. The van der Waals surface area contributed by atoms with Gasteiger partial charge >= 0.3 is 0 Å². The lowest BCUT2D eigenvalue weighted by Gasteiger charge is -2.22. The molecule has 1 unspecified atom stereocenters. The third-order valence-corrected chi connectivity index (χ3v) is 4.00. The smallest absolute Gasteiger partial charge is 0.277 e. The van der Waals surface area contributed by atoms with E-state index in [2.05, 4.69) is 14.8 Å². The first-order chi connectivity index (χ1) is 7.49. The van der Waals surface area contributed by atoms with Gasteiger partial charge in [-0.05, 0) is 52.1 Å². The van der Waals surface area contributed by atoms with Crippen LogP contribution in [0.3, 0.4) is 0 Å². The van der Waals surface area contributed by atoms with Gasteiger partial charge in [-0.15, -0.1) is 0 Å². The maximum absolute atomic E-state index is 11.4. The zero-order chi connectivity index (χ0) is 12.0. The molecule has 1 aliphatic rings. The molecule has 0 radical (unpaired) electrons. The van der Waals surface area contributed by atoms with E-state index < -0.39 is 10.2 Å². The van der Waals surface area contributed by atoms with Crippen LogP contribution in [0.5, 0.6) is 0 Å². The molecule has 6 heteroatoms. The van der Waals surface area contributed by atoms with Gasteiger partial charge < -0.3 is 5.32 Å². The zero-order valence-electron chi connectivity index (χ0n) is 10.1. The summed E-state index contributed by atoms with van der Waals surface area (Å²) in [6, 6.07) is -0.0613. The quantitative estimate of drug-likeness (QED) is 0.630. The molecule has 1 fully saturated rings. The summed E-state index contributed by atoms with van der Waals surface area (Å²) in [6.45, 7) is 6.25. The van der Waals surface area contributed by atoms with Crippen molar-refractivity contribution in [1.29, 1.82) is 0 Å². The van der Waals surface area contributed by atoms with Crippen molar-refractivity contribution in [2.75, 3.05) is 19.6 Å². The molecule has 0 amide bonds. The molecule has 0 aromatic rings. The van der Waals surface area contributed by atoms with Gasteiger partial charge in [0.05, 0.1) is 0 Å². The van der Waals surface area contributed by atoms with E-state index in [9.17, 15) is 8.42 Å². The van der Waals surface area contributed by atoms with Gasteiger partial charge in [0.15, 0.2) is 0 Å². The Morgan fingerprint density at radius 2 is 2.19 bits per heavy atom. The molecule has 0 spiro atoms. The van der Waals surface area contributed by atoms with Crippen molar-refractivity contribution < 1.29 is 8.42 Å². The van der Waals surface area contributed by atoms with E-state index in [0.29, 0.717) is 12.5 Å². The van der Waals surface area contributed by atoms with Crippen molar-refractivity contribution in [3.8, 4) is 0 Å². The van der Waals surface area contributed by atoms with Gasteiger partial charge in [0.2, 0.25) is 0 Å². The summed E-state index contributed by atoms with van der Waals surface area (Å²) in [6.07, 6.45) is 3.31. The van der Waals surface area contributed by atoms with Gasteiger partial charge in [0.25, 0.3) is 10.2 Å². The van der Waals surface area contributed by atoms with Gasteiger partial charge in [-0.25, -0.2) is 4.72 Å². The molecule has 1 aliphatic heterocycles. The Kier molecular flexibility index (Phi) is 5.68. The van der Waals surface area contributed by atoms with E-state index in [4.69, 9.17) is 0 Å². The first-order valence-electron chi connectivity index (χ1n) is 5.97. The van der Waals surface area contributed by atoms with Crippen molar-refractivity contribution in [3.05, 3.63) is 0 Å². The van der Waals surface area contributed by atoms with E-state index in [1.807, 2.05) is 13.8 Å². The van der Waals surface area contributed by atoms with Crippen molar-refractivity contribution in [2.45, 2.75) is 39.2 Å². The van der Waals surface area contributed by atoms with Gasteiger partial charge in [-0.1, -0.05) is 0 Å². The van der Waals surface area contributed by atoms with Gasteiger partial charge in [-0.2, -0.15) is 13.1 Å². The average Bonchev–Trinajstić information content (AvgIpc) is 2.16. The van der Waals surface area contributed by atoms with Crippen molar-refractivity contribution in [1.82, 2.24) is 14.8 Å². The Balaban J connectivity index is 2.18. The molecule has 1 rings (SSSR count). The highest BCUT2D eigenvalue weighted by molar-refractivity contribution is 7.87. The fraction of sp³-hybridized carbons (Fsp3) is 1.00. The Hall–Kier alpha value is -0.170. The van der Waals surface area contributed by atoms with Crippen LogP contribution in [0.25, 0.3) is 0 Å². The molecular formula is C10H23N3O2S. The predicted octanol–water partition coefficient (Wildman–Crippen LogP) is 0.209. The summed E-state index contributed by atoms with van der Waals surface area (Å²) in [4.78, 5) is 0. The molecule has 96 valence electrons. The molecule has 1 heterocycles. The van der Waals surface area contributed by atoms with Gasteiger partial charge in [0, 0.05) is 12.6 Å². The minimum absolute atomic E-state index is 0.0613. The molecule has 0 aliphatic carbocycles. The highest BCUT2D eigenvalue weighted by atomic mass is 32.2. The predicted molar refractivity (Wildman–Crippen MR) is 65.4 cm³/mol. The summed E-state index contributed by atoms with van der Waals surface area (Å²) in [5, 5.41) is 3.32. The van der Waals surface area contributed by atoms with Crippen molar-refractivity contribution in [3.63, 3.8) is 0 Å². The first-order valence-corrected chi connectivity index (χ1v) is 7.45. The molecule has 0 saturated carbocycles. The molecule has 1 atom stereocenters. The van der Waals surface area contributed by atoms with Crippen LogP contribution in [0.2, 0.25) is 0 Å². The lowest BCUT2D eigenvalue weighted by atomic mass is 9.96. The summed E-state index contributed by atoms with van der Waals surface area (Å²) in [5.74, 6) is 0.607. The normalized spacial score (nSPS) is 22.6. The molecular weight excluding hydrogens is 226 g/mol.